The first kappa shape index (κ1) is 17.0. The summed E-state index contributed by atoms with van der Waals surface area (Å²) in [4.78, 5) is 0. The number of hydrogen-bond donors (Lipinski definition) is 3. The van der Waals surface area contributed by atoms with Crippen LogP contribution >= 0.6 is 12.4 Å². The van der Waals surface area contributed by atoms with Crippen LogP contribution in [0.2, 0.25) is 0 Å². The SMILES string of the molecule is CC1=CC(C)(C)n2c(O)c(N=NC(=N)N)c3cc(C)cc1c32.Cl. The number of nitrogens with one attached hydrogen (secondary N) is 1. The Hall–Kier alpha value is -2.34. The molecule has 0 saturated carbocycles. The Morgan fingerprint density at radius 1 is 1.30 bits per heavy atom. The van der Waals surface area contributed by atoms with Crippen molar-refractivity contribution < 1.29 is 5.11 Å². The number of benzene rings is 1. The lowest BCUT2D eigenvalue weighted by Crippen LogP contribution is -2.26. The van der Waals surface area contributed by atoms with Crippen molar-refractivity contribution in [2.24, 2.45) is 16.0 Å². The van der Waals surface area contributed by atoms with Crippen LogP contribution in [0.25, 0.3) is 16.5 Å². The van der Waals surface area contributed by atoms with Crippen LogP contribution in [0.15, 0.2) is 28.4 Å². The molecular formula is C16H20ClN5O. The maximum absolute atomic E-state index is 10.7. The zero-order chi connectivity index (χ0) is 16.2. The van der Waals surface area contributed by atoms with Crippen LogP contribution in [-0.4, -0.2) is 15.6 Å². The first-order valence-corrected chi connectivity index (χ1v) is 7.06. The lowest BCUT2D eigenvalue weighted by atomic mass is 9.91. The first-order chi connectivity index (χ1) is 10.2. The predicted molar refractivity (Wildman–Crippen MR) is 95.0 cm³/mol. The summed E-state index contributed by atoms with van der Waals surface area (Å²) in [6.07, 6.45) is 2.12. The molecule has 0 radical (unpaired) electrons. The Morgan fingerprint density at radius 3 is 2.57 bits per heavy atom. The second-order valence-electron chi connectivity index (χ2n) is 6.28. The van der Waals surface area contributed by atoms with Crippen LogP contribution in [0.3, 0.4) is 0 Å². The third-order valence-electron chi connectivity index (χ3n) is 3.99. The standard InChI is InChI=1S/C16H19N5O.ClH/c1-8-5-10-9(2)7-16(3,4)21-13(10)11(6-8)12(14(21)22)19-20-15(17)18;/h5-7,22H,1-4H3,(H3,17,18);1H. The van der Waals surface area contributed by atoms with Gasteiger partial charge in [-0.05, 0) is 51.0 Å². The van der Waals surface area contributed by atoms with E-state index in [0.29, 0.717) is 5.69 Å². The van der Waals surface area contributed by atoms with Gasteiger partial charge in [-0.1, -0.05) is 6.08 Å². The highest BCUT2D eigenvalue weighted by molar-refractivity contribution is 6.03. The Bertz CT molecular complexity index is 876. The van der Waals surface area contributed by atoms with E-state index in [1.807, 2.05) is 31.4 Å². The highest BCUT2D eigenvalue weighted by Gasteiger charge is 2.32. The van der Waals surface area contributed by atoms with Crippen molar-refractivity contribution in [1.82, 2.24) is 4.57 Å². The third kappa shape index (κ3) is 2.49. The van der Waals surface area contributed by atoms with Gasteiger partial charge in [-0.2, -0.15) is 0 Å². The number of azo groups is 1. The zero-order valence-electron chi connectivity index (χ0n) is 13.5. The van der Waals surface area contributed by atoms with Crippen molar-refractivity contribution in [1.29, 1.82) is 5.41 Å². The minimum atomic E-state index is -0.392. The quantitative estimate of drug-likeness (QED) is 0.413. The second kappa shape index (κ2) is 5.38. The topological polar surface area (TPSA) is 99.7 Å². The lowest BCUT2D eigenvalue weighted by Gasteiger charge is -2.31. The summed E-state index contributed by atoms with van der Waals surface area (Å²) in [7, 11) is 0. The number of aromatic hydroxyl groups is 1. The summed E-state index contributed by atoms with van der Waals surface area (Å²) in [5.74, 6) is -0.350. The van der Waals surface area contributed by atoms with E-state index in [9.17, 15) is 5.11 Å². The maximum atomic E-state index is 10.7. The largest absolute Gasteiger partial charge is 0.493 e. The van der Waals surface area contributed by atoms with Crippen molar-refractivity contribution in [2.75, 3.05) is 0 Å². The molecule has 7 heteroatoms. The van der Waals surface area contributed by atoms with Crippen molar-refractivity contribution in [2.45, 2.75) is 33.2 Å². The van der Waals surface area contributed by atoms with Gasteiger partial charge < -0.3 is 15.4 Å². The van der Waals surface area contributed by atoms with E-state index in [1.54, 1.807) is 0 Å². The fraction of sp³-hybridized carbons (Fsp3) is 0.312. The molecule has 2 aromatic rings. The summed E-state index contributed by atoms with van der Waals surface area (Å²) in [6.45, 7) is 8.14. The fourth-order valence-corrected chi connectivity index (χ4v) is 3.27. The number of nitrogens with zero attached hydrogens (tertiary/aromatic N) is 3. The van der Waals surface area contributed by atoms with Gasteiger partial charge in [0.1, 0.15) is 0 Å². The van der Waals surface area contributed by atoms with Crippen LogP contribution in [0.1, 0.15) is 31.9 Å². The Morgan fingerprint density at radius 2 is 1.96 bits per heavy atom. The molecule has 1 aromatic heterocycles. The minimum Gasteiger partial charge on any atom is -0.493 e. The summed E-state index contributed by atoms with van der Waals surface area (Å²) in [5.41, 5.74) is 9.48. The van der Waals surface area contributed by atoms with E-state index in [4.69, 9.17) is 11.1 Å². The van der Waals surface area contributed by atoms with Crippen LogP contribution < -0.4 is 5.73 Å². The number of aromatic nitrogens is 1. The lowest BCUT2D eigenvalue weighted by molar-refractivity contribution is 0.362. The second-order valence-corrected chi connectivity index (χ2v) is 6.28. The van der Waals surface area contributed by atoms with Gasteiger partial charge >= 0.3 is 0 Å². The van der Waals surface area contributed by atoms with Gasteiger partial charge in [-0.15, -0.1) is 22.6 Å². The number of guanidine groups is 1. The molecule has 0 atom stereocenters. The Labute approximate surface area is 140 Å². The molecule has 0 spiro atoms. The summed E-state index contributed by atoms with van der Waals surface area (Å²) >= 11 is 0. The molecule has 1 aromatic carbocycles. The molecule has 2 heterocycles. The molecule has 0 amide bonds. The molecule has 0 unspecified atom stereocenters. The molecule has 0 aliphatic carbocycles. The highest BCUT2D eigenvalue weighted by Crippen LogP contribution is 2.48. The van der Waals surface area contributed by atoms with Gasteiger partial charge in [0.05, 0.1) is 11.1 Å². The number of hydrogen-bond acceptors (Lipinski definition) is 3. The predicted octanol–water partition coefficient (Wildman–Crippen LogP) is 4.21. The van der Waals surface area contributed by atoms with Crippen LogP contribution in [0.5, 0.6) is 5.88 Å². The summed E-state index contributed by atoms with van der Waals surface area (Å²) < 4.78 is 1.86. The molecule has 1 aliphatic rings. The smallest absolute Gasteiger partial charge is 0.232 e. The van der Waals surface area contributed by atoms with Gasteiger partial charge in [0, 0.05) is 10.9 Å². The van der Waals surface area contributed by atoms with E-state index in [1.165, 1.54) is 5.57 Å². The first-order valence-electron chi connectivity index (χ1n) is 7.06. The van der Waals surface area contributed by atoms with Crippen molar-refractivity contribution in [3.8, 4) is 5.88 Å². The third-order valence-corrected chi connectivity index (χ3v) is 3.99. The fourth-order valence-electron chi connectivity index (χ4n) is 3.27. The average Bonchev–Trinajstić information content (AvgIpc) is 2.66. The van der Waals surface area contributed by atoms with E-state index in [-0.39, 0.29) is 23.8 Å². The minimum absolute atomic E-state index is 0. The molecule has 0 bridgehead atoms. The Kier molecular flexibility index (Phi) is 3.98. The summed E-state index contributed by atoms with van der Waals surface area (Å²) in [6, 6.07) is 4.07. The van der Waals surface area contributed by atoms with Crippen LogP contribution in [-0.2, 0) is 5.54 Å². The maximum Gasteiger partial charge on any atom is 0.232 e. The molecule has 0 fully saturated rings. The highest BCUT2D eigenvalue weighted by atomic mass is 35.5. The number of nitrogens with two attached hydrogens (primary N) is 1. The van der Waals surface area contributed by atoms with E-state index >= 15 is 0 Å². The summed E-state index contributed by atoms with van der Waals surface area (Å²) in [5, 5.41) is 26.3. The van der Waals surface area contributed by atoms with Gasteiger partial charge in [-0.3, -0.25) is 5.41 Å². The van der Waals surface area contributed by atoms with Crippen molar-refractivity contribution >= 4 is 40.5 Å². The van der Waals surface area contributed by atoms with E-state index in [2.05, 4.69) is 29.3 Å². The van der Waals surface area contributed by atoms with Gasteiger partial charge in [0.15, 0.2) is 5.69 Å². The van der Waals surface area contributed by atoms with E-state index < -0.39 is 5.96 Å². The molecular weight excluding hydrogens is 314 g/mol. The van der Waals surface area contributed by atoms with Crippen LogP contribution in [0.4, 0.5) is 5.69 Å². The molecule has 23 heavy (non-hydrogen) atoms. The molecule has 122 valence electrons. The number of halogens is 1. The van der Waals surface area contributed by atoms with E-state index in [0.717, 1.165) is 22.0 Å². The Balaban J connectivity index is 0.00000192. The molecule has 1 aliphatic heterocycles. The molecule has 0 saturated heterocycles. The van der Waals surface area contributed by atoms with Gasteiger partial charge in [0.25, 0.3) is 0 Å². The van der Waals surface area contributed by atoms with Gasteiger partial charge in [0.2, 0.25) is 11.8 Å². The average molecular weight is 334 g/mol. The molecule has 4 N–H and O–H groups in total. The molecule has 6 nitrogen and oxygen atoms in total. The number of rotatable bonds is 1. The number of allylic oxidation sites excluding steroid dienone is 2. The number of aryl methyl sites for hydroxylation is 1. The van der Waals surface area contributed by atoms with Crippen molar-refractivity contribution in [3.63, 3.8) is 0 Å². The van der Waals surface area contributed by atoms with Crippen LogP contribution in [0, 0.1) is 12.3 Å². The normalized spacial score (nSPS) is 15.6. The molecule has 3 rings (SSSR count). The van der Waals surface area contributed by atoms with Gasteiger partial charge in [-0.25, -0.2) is 0 Å². The van der Waals surface area contributed by atoms with Crippen molar-refractivity contribution in [3.05, 3.63) is 29.3 Å². The zero-order valence-corrected chi connectivity index (χ0v) is 14.3. The monoisotopic (exact) mass is 333 g/mol.